The van der Waals surface area contributed by atoms with Gasteiger partial charge in [-0.3, -0.25) is 4.79 Å². The Labute approximate surface area is 157 Å². The first-order valence-corrected chi connectivity index (χ1v) is 8.63. The van der Waals surface area contributed by atoms with Crippen molar-refractivity contribution >= 4 is 17.8 Å². The van der Waals surface area contributed by atoms with Crippen LogP contribution in [0.15, 0.2) is 30.6 Å². The molecule has 1 unspecified atom stereocenters. The van der Waals surface area contributed by atoms with Gasteiger partial charge in [-0.1, -0.05) is 0 Å². The molecule has 2 heterocycles. The summed E-state index contributed by atoms with van der Waals surface area (Å²) in [7, 11) is 1.59. The predicted molar refractivity (Wildman–Crippen MR) is 99.2 cm³/mol. The van der Waals surface area contributed by atoms with Gasteiger partial charge in [0.15, 0.2) is 0 Å². The standard InChI is InChI=1S/C19H22N4O4/c1-12-9-14(10-13(2)16(12)27-3)17(24)23-8-7-22(11-15(23)18(25)26)19-20-5-4-6-21-19/h4-6,9-10,15H,7-8,11H2,1-3H3,(H,25,26). The molecule has 0 bridgehead atoms. The first-order chi connectivity index (χ1) is 12.9. The number of hydrogen-bond donors (Lipinski definition) is 1. The summed E-state index contributed by atoms with van der Waals surface area (Å²) in [5, 5.41) is 9.68. The lowest BCUT2D eigenvalue weighted by molar-refractivity contribution is -0.142. The molecule has 0 spiro atoms. The quantitative estimate of drug-likeness (QED) is 0.872. The summed E-state index contributed by atoms with van der Waals surface area (Å²) in [6.45, 7) is 4.61. The maximum absolute atomic E-state index is 13.0. The molecule has 8 nitrogen and oxygen atoms in total. The largest absolute Gasteiger partial charge is 0.496 e. The van der Waals surface area contributed by atoms with Crippen LogP contribution >= 0.6 is 0 Å². The van der Waals surface area contributed by atoms with Crippen LogP contribution in [0.2, 0.25) is 0 Å². The Morgan fingerprint density at radius 3 is 2.33 bits per heavy atom. The van der Waals surface area contributed by atoms with Crippen molar-refractivity contribution < 1.29 is 19.4 Å². The second-order valence-electron chi connectivity index (χ2n) is 6.49. The Morgan fingerprint density at radius 1 is 1.15 bits per heavy atom. The molecule has 142 valence electrons. The molecule has 1 atom stereocenters. The summed E-state index contributed by atoms with van der Waals surface area (Å²) in [6, 6.07) is 4.20. The summed E-state index contributed by atoms with van der Waals surface area (Å²) in [5.41, 5.74) is 2.13. The molecule has 1 fully saturated rings. The number of aryl methyl sites for hydroxylation is 2. The summed E-state index contributed by atoms with van der Waals surface area (Å²) in [6.07, 6.45) is 3.22. The minimum atomic E-state index is -1.05. The van der Waals surface area contributed by atoms with Gasteiger partial charge in [-0.2, -0.15) is 0 Å². The second kappa shape index (κ2) is 7.61. The minimum Gasteiger partial charge on any atom is -0.496 e. The van der Waals surface area contributed by atoms with E-state index >= 15 is 0 Å². The van der Waals surface area contributed by atoms with E-state index in [1.807, 2.05) is 13.8 Å². The zero-order chi connectivity index (χ0) is 19.6. The van der Waals surface area contributed by atoms with Crippen LogP contribution < -0.4 is 9.64 Å². The number of hydrogen-bond acceptors (Lipinski definition) is 6. The van der Waals surface area contributed by atoms with Gasteiger partial charge in [-0.25, -0.2) is 14.8 Å². The van der Waals surface area contributed by atoms with Gasteiger partial charge in [-0.15, -0.1) is 0 Å². The smallest absolute Gasteiger partial charge is 0.328 e. The van der Waals surface area contributed by atoms with Crippen molar-refractivity contribution in [1.29, 1.82) is 0 Å². The molecule has 1 aliphatic rings. The Balaban J connectivity index is 1.85. The van der Waals surface area contributed by atoms with Crippen LogP contribution in [0.5, 0.6) is 5.75 Å². The maximum atomic E-state index is 13.0. The third-order valence-corrected chi connectivity index (χ3v) is 4.67. The van der Waals surface area contributed by atoms with Crippen molar-refractivity contribution in [3.05, 3.63) is 47.3 Å². The molecule has 0 saturated carbocycles. The van der Waals surface area contributed by atoms with Gasteiger partial charge in [0, 0.05) is 31.0 Å². The highest BCUT2D eigenvalue weighted by atomic mass is 16.5. The molecule has 1 amide bonds. The summed E-state index contributed by atoms with van der Waals surface area (Å²) >= 11 is 0. The zero-order valence-electron chi connectivity index (χ0n) is 15.5. The molecule has 27 heavy (non-hydrogen) atoms. The number of carboxylic acid groups (broad SMARTS) is 1. The first kappa shape index (κ1) is 18.6. The molecule has 0 aliphatic carbocycles. The number of aliphatic carboxylic acids is 1. The first-order valence-electron chi connectivity index (χ1n) is 8.63. The van der Waals surface area contributed by atoms with Gasteiger partial charge in [0.25, 0.3) is 5.91 Å². The lowest BCUT2D eigenvalue weighted by atomic mass is 10.0. The SMILES string of the molecule is COc1c(C)cc(C(=O)N2CCN(c3ncccn3)CC2C(=O)O)cc1C. The van der Waals surface area contributed by atoms with E-state index in [9.17, 15) is 14.7 Å². The van der Waals surface area contributed by atoms with E-state index in [4.69, 9.17) is 4.74 Å². The molecule has 1 aromatic carbocycles. The molecule has 1 N–H and O–H groups in total. The molecule has 1 aliphatic heterocycles. The highest BCUT2D eigenvalue weighted by Crippen LogP contribution is 2.26. The lowest BCUT2D eigenvalue weighted by Gasteiger charge is -2.39. The van der Waals surface area contributed by atoms with Crippen LogP contribution in [0.4, 0.5) is 5.95 Å². The van der Waals surface area contributed by atoms with E-state index in [2.05, 4.69) is 9.97 Å². The molecular formula is C19H22N4O4. The van der Waals surface area contributed by atoms with Crippen molar-refractivity contribution in [2.45, 2.75) is 19.9 Å². The van der Waals surface area contributed by atoms with Gasteiger partial charge in [0.05, 0.1) is 13.7 Å². The molecule has 1 aromatic heterocycles. The van der Waals surface area contributed by atoms with Crippen LogP contribution in [0.1, 0.15) is 21.5 Å². The van der Waals surface area contributed by atoms with E-state index in [0.717, 1.165) is 16.9 Å². The van der Waals surface area contributed by atoms with Crippen molar-refractivity contribution in [3.8, 4) is 5.75 Å². The molecule has 1 saturated heterocycles. The van der Waals surface area contributed by atoms with Gasteiger partial charge < -0.3 is 19.6 Å². The normalized spacial score (nSPS) is 16.9. The number of aromatic nitrogens is 2. The summed E-state index contributed by atoms with van der Waals surface area (Å²) in [4.78, 5) is 36.4. The summed E-state index contributed by atoms with van der Waals surface area (Å²) in [5.74, 6) is -0.157. The maximum Gasteiger partial charge on any atom is 0.328 e. The third-order valence-electron chi connectivity index (χ3n) is 4.67. The number of carbonyl (C=O) groups excluding carboxylic acids is 1. The van der Waals surface area contributed by atoms with Crippen LogP contribution in [0, 0.1) is 13.8 Å². The van der Waals surface area contributed by atoms with Gasteiger partial charge in [0.1, 0.15) is 11.8 Å². The number of piperazine rings is 1. The van der Waals surface area contributed by atoms with Gasteiger partial charge >= 0.3 is 5.97 Å². The van der Waals surface area contributed by atoms with Gasteiger partial charge in [-0.05, 0) is 43.2 Å². The number of ether oxygens (including phenoxy) is 1. The fraction of sp³-hybridized carbons (Fsp3) is 0.368. The fourth-order valence-electron chi connectivity index (χ4n) is 3.44. The Kier molecular flexibility index (Phi) is 5.25. The highest BCUT2D eigenvalue weighted by molar-refractivity contribution is 5.97. The van der Waals surface area contributed by atoms with E-state index in [1.165, 1.54) is 4.90 Å². The number of methoxy groups -OCH3 is 1. The molecule has 2 aromatic rings. The van der Waals surface area contributed by atoms with E-state index in [0.29, 0.717) is 18.1 Å². The molecule has 8 heteroatoms. The van der Waals surface area contributed by atoms with E-state index in [1.54, 1.807) is 42.6 Å². The van der Waals surface area contributed by atoms with Crippen molar-refractivity contribution in [3.63, 3.8) is 0 Å². The van der Waals surface area contributed by atoms with Crippen molar-refractivity contribution in [2.24, 2.45) is 0 Å². The topological polar surface area (TPSA) is 95.9 Å². The second-order valence-corrected chi connectivity index (χ2v) is 6.49. The monoisotopic (exact) mass is 370 g/mol. The van der Waals surface area contributed by atoms with Crippen molar-refractivity contribution in [2.75, 3.05) is 31.6 Å². The van der Waals surface area contributed by atoms with Crippen molar-refractivity contribution in [1.82, 2.24) is 14.9 Å². The Morgan fingerprint density at radius 2 is 1.78 bits per heavy atom. The average Bonchev–Trinajstić information content (AvgIpc) is 2.67. The number of carbonyl (C=O) groups is 2. The number of nitrogens with zero attached hydrogens (tertiary/aromatic N) is 4. The summed E-state index contributed by atoms with van der Waals surface area (Å²) < 4.78 is 5.34. The minimum absolute atomic E-state index is 0.138. The Hall–Kier alpha value is -3.16. The number of carboxylic acids is 1. The van der Waals surface area contributed by atoms with E-state index < -0.39 is 12.0 Å². The van der Waals surface area contributed by atoms with E-state index in [-0.39, 0.29) is 19.0 Å². The molecule has 0 radical (unpaired) electrons. The number of anilines is 1. The number of benzene rings is 1. The average molecular weight is 370 g/mol. The molecular weight excluding hydrogens is 348 g/mol. The Bertz CT molecular complexity index is 833. The molecule has 3 rings (SSSR count). The van der Waals surface area contributed by atoms with Gasteiger partial charge in [0.2, 0.25) is 5.95 Å². The van der Waals surface area contributed by atoms with Crippen LogP contribution in [0.3, 0.4) is 0 Å². The fourth-order valence-corrected chi connectivity index (χ4v) is 3.44. The highest BCUT2D eigenvalue weighted by Gasteiger charge is 2.36. The number of amides is 1. The van der Waals surface area contributed by atoms with Crippen LogP contribution in [-0.2, 0) is 4.79 Å². The van der Waals surface area contributed by atoms with Crippen LogP contribution in [-0.4, -0.2) is 64.6 Å². The predicted octanol–water partition coefficient (Wildman–Crippen LogP) is 1.52. The lowest BCUT2D eigenvalue weighted by Crippen LogP contribution is -2.58. The van der Waals surface area contributed by atoms with Crippen LogP contribution in [0.25, 0.3) is 0 Å². The zero-order valence-corrected chi connectivity index (χ0v) is 15.5. The number of rotatable bonds is 4. The third kappa shape index (κ3) is 3.69.